The number of nitrogens with two attached hydrogens (primary N) is 1. The van der Waals surface area contributed by atoms with Gasteiger partial charge < -0.3 is 10.5 Å². The highest BCUT2D eigenvalue weighted by Crippen LogP contribution is 2.48. The Bertz CT molecular complexity index is 585. The van der Waals surface area contributed by atoms with Crippen LogP contribution in [0.25, 0.3) is 0 Å². The van der Waals surface area contributed by atoms with Gasteiger partial charge in [-0.1, -0.05) is 0 Å². The fourth-order valence-electron chi connectivity index (χ4n) is 2.03. The number of nitrogens with one attached hydrogen (secondary N) is 1. The number of benzene rings is 1. The number of anilines is 1. The topological polar surface area (TPSA) is 81.4 Å². The molecule has 0 aliphatic heterocycles. The van der Waals surface area contributed by atoms with E-state index in [1.54, 1.807) is 13.2 Å². The van der Waals surface area contributed by atoms with Gasteiger partial charge in [-0.15, -0.1) is 0 Å². The van der Waals surface area contributed by atoms with Crippen molar-refractivity contribution in [2.24, 2.45) is 5.41 Å². The smallest absolute Gasteiger partial charge is 0.240 e. The number of rotatable bonds is 7. The van der Waals surface area contributed by atoms with E-state index in [1.165, 1.54) is 12.1 Å². The van der Waals surface area contributed by atoms with Crippen LogP contribution in [-0.4, -0.2) is 28.7 Å². The third-order valence-electron chi connectivity index (χ3n) is 3.71. The largest absolute Gasteiger partial charge is 0.398 e. The normalized spacial score (nSPS) is 17.1. The lowest BCUT2D eigenvalue weighted by molar-refractivity contribution is 0.173. The molecule has 1 fully saturated rings. The molecule has 5 nitrogen and oxygen atoms in total. The summed E-state index contributed by atoms with van der Waals surface area (Å²) in [5.41, 5.74) is 6.21. The van der Waals surface area contributed by atoms with Crippen LogP contribution in [0.1, 0.15) is 19.3 Å². The van der Waals surface area contributed by atoms with Crippen LogP contribution in [0.2, 0.25) is 0 Å². The third-order valence-corrected chi connectivity index (χ3v) is 5.83. The third kappa shape index (κ3) is 3.72. The van der Waals surface area contributed by atoms with Gasteiger partial charge in [0, 0.05) is 30.4 Å². The Balaban J connectivity index is 2.02. The van der Waals surface area contributed by atoms with Gasteiger partial charge >= 0.3 is 0 Å². The summed E-state index contributed by atoms with van der Waals surface area (Å²) < 4.78 is 32.9. The average Bonchev–Trinajstić information content (AvgIpc) is 3.18. The van der Waals surface area contributed by atoms with Gasteiger partial charge in [0.25, 0.3) is 0 Å². The van der Waals surface area contributed by atoms with Crippen molar-refractivity contribution >= 4 is 31.6 Å². The second-order valence-corrected chi connectivity index (χ2v) is 7.87. The van der Waals surface area contributed by atoms with Crippen LogP contribution < -0.4 is 10.5 Å². The summed E-state index contributed by atoms with van der Waals surface area (Å²) in [7, 11) is -1.85. The highest BCUT2D eigenvalue weighted by atomic mass is 79.9. The van der Waals surface area contributed by atoms with Crippen molar-refractivity contribution < 1.29 is 13.2 Å². The quantitative estimate of drug-likeness (QED) is 0.728. The number of sulfonamides is 1. The predicted molar refractivity (Wildman–Crippen MR) is 81.9 cm³/mol. The van der Waals surface area contributed by atoms with E-state index < -0.39 is 10.0 Å². The van der Waals surface area contributed by atoms with Crippen LogP contribution in [0, 0.1) is 5.41 Å². The summed E-state index contributed by atoms with van der Waals surface area (Å²) in [5, 5.41) is 0. The fraction of sp³-hybridized carbons (Fsp3) is 0.538. The minimum absolute atomic E-state index is 0.0734. The molecular formula is C13H19BrN2O3S. The summed E-state index contributed by atoms with van der Waals surface area (Å²) in [6.07, 6.45) is 2.97. The highest BCUT2D eigenvalue weighted by Gasteiger charge is 2.42. The van der Waals surface area contributed by atoms with Gasteiger partial charge in [-0.2, -0.15) is 0 Å². The molecule has 0 aromatic heterocycles. The monoisotopic (exact) mass is 362 g/mol. The van der Waals surface area contributed by atoms with Crippen molar-refractivity contribution in [2.45, 2.75) is 24.2 Å². The Kier molecular flexibility index (Phi) is 4.73. The maximum Gasteiger partial charge on any atom is 0.240 e. The maximum absolute atomic E-state index is 12.2. The Morgan fingerprint density at radius 2 is 2.15 bits per heavy atom. The van der Waals surface area contributed by atoms with Crippen molar-refractivity contribution in [1.29, 1.82) is 0 Å². The summed E-state index contributed by atoms with van der Waals surface area (Å²) in [6.45, 7) is 1.11. The molecule has 1 aliphatic rings. The molecule has 1 aliphatic carbocycles. The molecule has 3 N–H and O–H groups in total. The molecular weight excluding hydrogens is 344 g/mol. The number of hydrogen-bond acceptors (Lipinski definition) is 4. The standard InChI is InChI=1S/C13H19BrN2O3S/c1-19-7-6-13(4-5-13)9-16-20(17,18)10-2-3-11(14)12(15)8-10/h2-3,8,16H,4-7,9,15H2,1H3. The molecule has 0 atom stereocenters. The first kappa shape index (κ1) is 15.8. The molecule has 0 saturated heterocycles. The molecule has 2 rings (SSSR count). The molecule has 0 unspecified atom stereocenters. The van der Waals surface area contributed by atoms with Crippen molar-refractivity contribution in [1.82, 2.24) is 4.72 Å². The molecule has 0 spiro atoms. The summed E-state index contributed by atoms with van der Waals surface area (Å²) in [4.78, 5) is 0.195. The molecule has 1 aromatic carbocycles. The van der Waals surface area contributed by atoms with Gasteiger partial charge in [0.1, 0.15) is 0 Å². The Morgan fingerprint density at radius 3 is 2.70 bits per heavy atom. The van der Waals surface area contributed by atoms with E-state index in [1.807, 2.05) is 0 Å². The van der Waals surface area contributed by atoms with Crippen molar-refractivity contribution in [3.8, 4) is 0 Å². The lowest BCUT2D eigenvalue weighted by Crippen LogP contribution is -2.31. The van der Waals surface area contributed by atoms with Crippen molar-refractivity contribution in [2.75, 3.05) is 26.0 Å². The molecule has 1 aromatic rings. The second kappa shape index (κ2) is 6.01. The van der Waals surface area contributed by atoms with Gasteiger partial charge in [-0.3, -0.25) is 0 Å². The van der Waals surface area contributed by atoms with Crippen molar-refractivity contribution in [3.63, 3.8) is 0 Å². The SMILES string of the molecule is COCCC1(CNS(=O)(=O)c2ccc(Br)c(N)c2)CC1. The van der Waals surface area contributed by atoms with E-state index in [2.05, 4.69) is 20.7 Å². The lowest BCUT2D eigenvalue weighted by atomic mass is 10.0. The van der Waals surface area contributed by atoms with Gasteiger partial charge in [-0.25, -0.2) is 13.1 Å². The number of halogens is 1. The van der Waals surface area contributed by atoms with E-state index in [4.69, 9.17) is 10.5 Å². The fourth-order valence-corrected chi connectivity index (χ4v) is 3.47. The van der Waals surface area contributed by atoms with Crippen molar-refractivity contribution in [3.05, 3.63) is 22.7 Å². The molecule has 20 heavy (non-hydrogen) atoms. The van der Waals surface area contributed by atoms with E-state index in [0.29, 0.717) is 23.3 Å². The van der Waals surface area contributed by atoms with Gasteiger partial charge in [0.05, 0.1) is 4.90 Å². The highest BCUT2D eigenvalue weighted by molar-refractivity contribution is 9.10. The van der Waals surface area contributed by atoms with Gasteiger partial charge in [0.15, 0.2) is 0 Å². The Labute approximate surface area is 128 Å². The minimum Gasteiger partial charge on any atom is -0.398 e. The molecule has 7 heteroatoms. The Hall–Kier alpha value is -0.630. The molecule has 0 bridgehead atoms. The zero-order chi connectivity index (χ0) is 14.8. The number of methoxy groups -OCH3 is 1. The van der Waals surface area contributed by atoms with Crippen LogP contribution >= 0.6 is 15.9 Å². The molecule has 0 amide bonds. The summed E-state index contributed by atoms with van der Waals surface area (Å²) in [5.74, 6) is 0. The first-order chi connectivity index (χ1) is 9.38. The Morgan fingerprint density at radius 1 is 1.45 bits per heavy atom. The van der Waals surface area contributed by atoms with Crippen LogP contribution in [0.5, 0.6) is 0 Å². The number of ether oxygens (including phenoxy) is 1. The van der Waals surface area contributed by atoms with E-state index in [-0.39, 0.29) is 10.3 Å². The molecule has 1 saturated carbocycles. The zero-order valence-electron chi connectivity index (χ0n) is 11.4. The zero-order valence-corrected chi connectivity index (χ0v) is 13.8. The summed E-state index contributed by atoms with van der Waals surface area (Å²) in [6, 6.07) is 4.64. The minimum atomic E-state index is -3.51. The first-order valence-electron chi connectivity index (χ1n) is 6.42. The molecule has 0 heterocycles. The van der Waals surface area contributed by atoms with Crippen LogP contribution in [-0.2, 0) is 14.8 Å². The van der Waals surface area contributed by atoms with Gasteiger partial charge in [0.2, 0.25) is 10.0 Å². The van der Waals surface area contributed by atoms with Crippen LogP contribution in [0.15, 0.2) is 27.6 Å². The lowest BCUT2D eigenvalue weighted by Gasteiger charge is -2.16. The van der Waals surface area contributed by atoms with E-state index >= 15 is 0 Å². The summed E-state index contributed by atoms with van der Waals surface area (Å²) >= 11 is 3.25. The second-order valence-electron chi connectivity index (χ2n) is 5.25. The molecule has 0 radical (unpaired) electrons. The average molecular weight is 363 g/mol. The van der Waals surface area contributed by atoms with Crippen LogP contribution in [0.3, 0.4) is 0 Å². The molecule has 112 valence electrons. The number of hydrogen-bond donors (Lipinski definition) is 2. The maximum atomic E-state index is 12.2. The predicted octanol–water partition coefficient (Wildman–Crippen LogP) is 2.13. The van der Waals surface area contributed by atoms with Gasteiger partial charge in [-0.05, 0) is 58.8 Å². The van der Waals surface area contributed by atoms with E-state index in [0.717, 1.165) is 19.3 Å². The van der Waals surface area contributed by atoms with Crippen LogP contribution in [0.4, 0.5) is 5.69 Å². The number of nitrogen functional groups attached to an aromatic ring is 1. The van der Waals surface area contributed by atoms with E-state index in [9.17, 15) is 8.42 Å². The first-order valence-corrected chi connectivity index (χ1v) is 8.70.